The highest BCUT2D eigenvalue weighted by atomic mass is 16.6. The van der Waals surface area contributed by atoms with E-state index in [-0.39, 0.29) is 30.0 Å². The van der Waals surface area contributed by atoms with Crippen LogP contribution in [0.3, 0.4) is 0 Å². The quantitative estimate of drug-likeness (QED) is 0.396. The number of esters is 1. The predicted octanol–water partition coefficient (Wildman–Crippen LogP) is 1.93. The van der Waals surface area contributed by atoms with Gasteiger partial charge in [0.1, 0.15) is 6.10 Å². The number of aliphatic hydroxyl groups excluding tert-OH is 1. The maximum atomic E-state index is 12.8. The van der Waals surface area contributed by atoms with Crippen molar-refractivity contribution in [2.24, 2.45) is 23.2 Å². The van der Waals surface area contributed by atoms with Gasteiger partial charge in [-0.15, -0.1) is 0 Å². The first kappa shape index (κ1) is 21.3. The number of allylic oxidation sites excluding steroid dienone is 1. The van der Waals surface area contributed by atoms with Crippen molar-refractivity contribution in [3.05, 3.63) is 12.2 Å². The molecule has 0 aromatic carbocycles. The molecule has 0 aromatic heterocycles. The van der Waals surface area contributed by atoms with Gasteiger partial charge in [0.2, 0.25) is 0 Å². The zero-order chi connectivity index (χ0) is 20.4. The third-order valence-corrected chi connectivity index (χ3v) is 8.03. The van der Waals surface area contributed by atoms with Gasteiger partial charge in [0.05, 0.1) is 25.7 Å². The van der Waals surface area contributed by atoms with Gasteiger partial charge in [0, 0.05) is 45.2 Å². The van der Waals surface area contributed by atoms with Crippen molar-refractivity contribution in [3.63, 3.8) is 0 Å². The van der Waals surface area contributed by atoms with E-state index in [1.165, 1.54) is 18.4 Å². The SMILES string of the molecule is C=C1CCCC2(C)CC3OC(=O)C(CN4CCN(CCOCCO)CC4)C3CC12. The van der Waals surface area contributed by atoms with E-state index < -0.39 is 0 Å². The van der Waals surface area contributed by atoms with Gasteiger partial charge in [0.15, 0.2) is 0 Å². The fourth-order valence-electron chi connectivity index (χ4n) is 6.30. The molecule has 6 nitrogen and oxygen atoms in total. The van der Waals surface area contributed by atoms with Crippen LogP contribution in [0.5, 0.6) is 0 Å². The molecule has 0 bridgehead atoms. The molecule has 2 saturated heterocycles. The summed E-state index contributed by atoms with van der Waals surface area (Å²) in [6.45, 7) is 13.7. The molecule has 2 aliphatic carbocycles. The minimum atomic E-state index is 0.0266. The number of carbonyl (C=O) groups excluding carboxylic acids is 1. The van der Waals surface area contributed by atoms with Crippen LogP contribution in [0.2, 0.25) is 0 Å². The van der Waals surface area contributed by atoms with Crippen molar-refractivity contribution in [3.8, 4) is 0 Å². The second-order valence-electron chi connectivity index (χ2n) is 9.88. The molecule has 5 atom stereocenters. The summed E-state index contributed by atoms with van der Waals surface area (Å²) >= 11 is 0. The fraction of sp³-hybridized carbons (Fsp3) is 0.870. The monoisotopic (exact) mass is 406 g/mol. The highest BCUT2D eigenvalue weighted by molar-refractivity contribution is 5.75. The van der Waals surface area contributed by atoms with E-state index in [4.69, 9.17) is 14.6 Å². The number of piperazine rings is 1. The Morgan fingerprint density at radius 2 is 2.00 bits per heavy atom. The Labute approximate surface area is 175 Å². The molecule has 0 radical (unpaired) electrons. The molecule has 2 saturated carbocycles. The van der Waals surface area contributed by atoms with Crippen LogP contribution in [0.25, 0.3) is 0 Å². The lowest BCUT2D eigenvalue weighted by Gasteiger charge is -2.50. The van der Waals surface area contributed by atoms with Crippen LogP contribution < -0.4 is 0 Å². The van der Waals surface area contributed by atoms with E-state index in [2.05, 4.69) is 23.3 Å². The van der Waals surface area contributed by atoms with Crippen LogP contribution in [0, 0.1) is 23.2 Å². The molecule has 164 valence electrons. The molecule has 4 aliphatic rings. The van der Waals surface area contributed by atoms with Gasteiger partial charge in [-0.3, -0.25) is 14.6 Å². The second-order valence-corrected chi connectivity index (χ2v) is 9.88. The molecule has 4 rings (SSSR count). The minimum absolute atomic E-state index is 0.0266. The molecule has 2 aliphatic heterocycles. The smallest absolute Gasteiger partial charge is 0.310 e. The van der Waals surface area contributed by atoms with E-state index in [0.717, 1.165) is 58.5 Å². The van der Waals surface area contributed by atoms with Crippen LogP contribution in [0.1, 0.15) is 39.0 Å². The summed E-state index contributed by atoms with van der Waals surface area (Å²) < 4.78 is 11.3. The maximum Gasteiger partial charge on any atom is 0.310 e. The molecular formula is C23H38N2O4. The normalized spacial score (nSPS) is 38.6. The Bertz CT molecular complexity index is 604. The lowest BCUT2D eigenvalue weighted by atomic mass is 9.55. The number of nitrogens with zero attached hydrogens (tertiary/aromatic N) is 2. The van der Waals surface area contributed by atoms with E-state index >= 15 is 0 Å². The molecule has 29 heavy (non-hydrogen) atoms. The summed E-state index contributed by atoms with van der Waals surface area (Å²) in [4.78, 5) is 17.6. The fourth-order valence-corrected chi connectivity index (χ4v) is 6.30. The number of fused-ring (bicyclic) bond motifs is 2. The molecule has 6 heteroatoms. The van der Waals surface area contributed by atoms with E-state index in [1.807, 2.05) is 0 Å². The van der Waals surface area contributed by atoms with Crippen molar-refractivity contribution >= 4 is 5.97 Å². The van der Waals surface area contributed by atoms with Crippen molar-refractivity contribution in [1.82, 2.24) is 9.80 Å². The topological polar surface area (TPSA) is 62.2 Å². The first-order chi connectivity index (χ1) is 14.0. The minimum Gasteiger partial charge on any atom is -0.462 e. The molecule has 0 spiro atoms. The summed E-state index contributed by atoms with van der Waals surface area (Å²) in [6.07, 6.45) is 5.84. The average molecular weight is 407 g/mol. The number of aliphatic hydroxyl groups is 1. The van der Waals surface area contributed by atoms with Gasteiger partial charge in [-0.05, 0) is 43.4 Å². The van der Waals surface area contributed by atoms with Crippen LogP contribution in [-0.2, 0) is 14.3 Å². The third kappa shape index (κ3) is 4.55. The van der Waals surface area contributed by atoms with E-state index in [0.29, 0.717) is 25.0 Å². The summed E-state index contributed by atoms with van der Waals surface area (Å²) in [5, 5.41) is 8.78. The van der Waals surface area contributed by atoms with Gasteiger partial charge >= 0.3 is 5.97 Å². The van der Waals surface area contributed by atoms with Crippen LogP contribution >= 0.6 is 0 Å². The molecule has 0 aromatic rings. The van der Waals surface area contributed by atoms with Crippen LogP contribution in [0.15, 0.2) is 12.2 Å². The standard InChI is InChI=1S/C23H38N2O4/c1-17-4-3-5-23(2)15-21-18(14-20(17)23)19(22(27)29-21)16-25-8-6-24(7-9-25)10-12-28-13-11-26/h18-21,26H,1,3-16H2,2H3. The largest absolute Gasteiger partial charge is 0.462 e. The Hall–Kier alpha value is -0.950. The predicted molar refractivity (Wildman–Crippen MR) is 111 cm³/mol. The van der Waals surface area contributed by atoms with E-state index in [1.54, 1.807) is 0 Å². The lowest BCUT2D eigenvalue weighted by Crippen LogP contribution is -2.50. The van der Waals surface area contributed by atoms with Gasteiger partial charge < -0.3 is 14.6 Å². The number of ether oxygens (including phenoxy) is 2. The number of hydrogen-bond donors (Lipinski definition) is 1. The summed E-state index contributed by atoms with van der Waals surface area (Å²) in [6, 6.07) is 0. The Morgan fingerprint density at radius 1 is 1.24 bits per heavy atom. The molecule has 5 unspecified atom stereocenters. The van der Waals surface area contributed by atoms with Gasteiger partial charge in [0.25, 0.3) is 0 Å². The first-order valence-electron chi connectivity index (χ1n) is 11.5. The first-order valence-corrected chi connectivity index (χ1v) is 11.5. The Kier molecular flexibility index (Phi) is 6.64. The summed E-state index contributed by atoms with van der Waals surface area (Å²) in [5.41, 5.74) is 1.68. The Morgan fingerprint density at radius 3 is 2.76 bits per heavy atom. The third-order valence-electron chi connectivity index (χ3n) is 8.03. The zero-order valence-corrected chi connectivity index (χ0v) is 18.0. The maximum absolute atomic E-state index is 12.8. The Balaban J connectivity index is 1.30. The molecule has 1 N–H and O–H groups in total. The lowest BCUT2D eigenvalue weighted by molar-refractivity contribution is -0.146. The number of rotatable bonds is 7. The van der Waals surface area contributed by atoms with Crippen molar-refractivity contribution in [1.29, 1.82) is 0 Å². The van der Waals surface area contributed by atoms with Crippen LogP contribution in [-0.4, -0.2) is 86.1 Å². The van der Waals surface area contributed by atoms with Crippen molar-refractivity contribution < 1.29 is 19.4 Å². The van der Waals surface area contributed by atoms with Crippen molar-refractivity contribution in [2.45, 2.75) is 45.1 Å². The summed E-state index contributed by atoms with van der Waals surface area (Å²) in [5.74, 6) is 0.983. The van der Waals surface area contributed by atoms with Crippen LogP contribution in [0.4, 0.5) is 0 Å². The highest BCUT2D eigenvalue weighted by Gasteiger charge is 2.55. The molecule has 0 amide bonds. The van der Waals surface area contributed by atoms with Gasteiger partial charge in [-0.1, -0.05) is 19.1 Å². The average Bonchev–Trinajstić information content (AvgIpc) is 2.99. The summed E-state index contributed by atoms with van der Waals surface area (Å²) in [7, 11) is 0. The number of carbonyl (C=O) groups is 1. The highest BCUT2D eigenvalue weighted by Crippen LogP contribution is 2.56. The second kappa shape index (κ2) is 9.04. The zero-order valence-electron chi connectivity index (χ0n) is 18.0. The van der Waals surface area contributed by atoms with E-state index in [9.17, 15) is 4.79 Å². The molecule has 4 fully saturated rings. The van der Waals surface area contributed by atoms with Crippen molar-refractivity contribution in [2.75, 3.05) is 59.1 Å². The van der Waals surface area contributed by atoms with Gasteiger partial charge in [-0.25, -0.2) is 0 Å². The number of hydrogen-bond acceptors (Lipinski definition) is 6. The molecular weight excluding hydrogens is 368 g/mol. The molecule has 2 heterocycles. The van der Waals surface area contributed by atoms with Gasteiger partial charge in [-0.2, -0.15) is 0 Å².